The molecule has 0 spiro atoms. The molecule has 0 aliphatic heterocycles. The third kappa shape index (κ3) is 2.42. The third-order valence-corrected chi connectivity index (χ3v) is 2.84. The summed E-state index contributed by atoms with van der Waals surface area (Å²) in [6, 6.07) is 4.09. The van der Waals surface area contributed by atoms with Crippen molar-refractivity contribution in [1.29, 1.82) is 0 Å². The van der Waals surface area contributed by atoms with E-state index < -0.39 is 0 Å². The molecule has 1 unspecified atom stereocenters. The van der Waals surface area contributed by atoms with Crippen LogP contribution in [0.25, 0.3) is 0 Å². The van der Waals surface area contributed by atoms with Gasteiger partial charge < -0.3 is 14.3 Å². The van der Waals surface area contributed by atoms with Gasteiger partial charge >= 0.3 is 0 Å². The summed E-state index contributed by atoms with van der Waals surface area (Å²) in [6.45, 7) is 5.05. The Labute approximate surface area is 102 Å². The van der Waals surface area contributed by atoms with E-state index in [1.165, 1.54) is 0 Å². The Morgan fingerprint density at radius 3 is 2.76 bits per heavy atom. The van der Waals surface area contributed by atoms with Crippen LogP contribution in [0, 0.1) is 0 Å². The van der Waals surface area contributed by atoms with E-state index in [1.807, 2.05) is 36.1 Å². The molecule has 0 aromatic carbocycles. The van der Waals surface area contributed by atoms with E-state index in [2.05, 4.69) is 24.1 Å². The molecule has 1 atom stereocenters. The molecule has 0 saturated carbocycles. The van der Waals surface area contributed by atoms with Gasteiger partial charge in [-0.2, -0.15) is 0 Å². The zero-order chi connectivity index (χ0) is 12.3. The van der Waals surface area contributed by atoms with Gasteiger partial charge in [0.15, 0.2) is 0 Å². The molecule has 0 aliphatic rings. The van der Waals surface area contributed by atoms with E-state index in [4.69, 9.17) is 4.42 Å². The van der Waals surface area contributed by atoms with E-state index in [-0.39, 0.29) is 6.04 Å². The largest absolute Gasteiger partial charge is 0.464 e. The maximum atomic E-state index is 5.81. The van der Waals surface area contributed by atoms with Crippen molar-refractivity contribution in [2.45, 2.75) is 26.3 Å². The van der Waals surface area contributed by atoms with Gasteiger partial charge in [0.25, 0.3) is 0 Å². The molecule has 4 nitrogen and oxygen atoms in total. The molecule has 0 aliphatic carbocycles. The quantitative estimate of drug-likeness (QED) is 0.861. The molecule has 2 rings (SSSR count). The maximum absolute atomic E-state index is 5.81. The standard InChI is InChI=1S/C13H19N3O/c1-4-10-6-7-11(17-10)12(14-5-2)13-15-8-9-16(13)3/h6-9,12,14H,4-5H2,1-3H3. The van der Waals surface area contributed by atoms with Crippen LogP contribution in [0.3, 0.4) is 0 Å². The average molecular weight is 233 g/mol. The lowest BCUT2D eigenvalue weighted by molar-refractivity contribution is 0.413. The molecule has 0 saturated heterocycles. The molecule has 0 amide bonds. The Kier molecular flexibility index (Phi) is 3.64. The fraction of sp³-hybridized carbons (Fsp3) is 0.462. The maximum Gasteiger partial charge on any atom is 0.133 e. The fourth-order valence-electron chi connectivity index (χ4n) is 1.92. The van der Waals surface area contributed by atoms with Gasteiger partial charge in [-0.25, -0.2) is 4.98 Å². The summed E-state index contributed by atoms with van der Waals surface area (Å²) in [5.74, 6) is 2.92. The Morgan fingerprint density at radius 2 is 2.24 bits per heavy atom. The molecule has 2 heterocycles. The van der Waals surface area contributed by atoms with Crippen molar-refractivity contribution >= 4 is 0 Å². The van der Waals surface area contributed by atoms with Crippen LogP contribution in [-0.2, 0) is 13.5 Å². The molecule has 17 heavy (non-hydrogen) atoms. The lowest BCUT2D eigenvalue weighted by Crippen LogP contribution is -2.24. The zero-order valence-electron chi connectivity index (χ0n) is 10.6. The first-order valence-corrected chi connectivity index (χ1v) is 6.05. The van der Waals surface area contributed by atoms with Gasteiger partial charge in [0, 0.05) is 25.9 Å². The summed E-state index contributed by atoms with van der Waals surface area (Å²) in [5.41, 5.74) is 0. The summed E-state index contributed by atoms with van der Waals surface area (Å²) in [7, 11) is 2.00. The van der Waals surface area contributed by atoms with Crippen molar-refractivity contribution in [2.24, 2.45) is 7.05 Å². The zero-order valence-corrected chi connectivity index (χ0v) is 10.6. The molecule has 0 bridgehead atoms. The van der Waals surface area contributed by atoms with Crippen LogP contribution >= 0.6 is 0 Å². The average Bonchev–Trinajstić information content (AvgIpc) is 2.95. The predicted molar refractivity (Wildman–Crippen MR) is 66.8 cm³/mol. The van der Waals surface area contributed by atoms with Crippen LogP contribution in [0.15, 0.2) is 28.9 Å². The van der Waals surface area contributed by atoms with Gasteiger partial charge in [-0.05, 0) is 18.7 Å². The highest BCUT2D eigenvalue weighted by molar-refractivity contribution is 5.18. The number of hydrogen-bond donors (Lipinski definition) is 1. The second kappa shape index (κ2) is 5.19. The van der Waals surface area contributed by atoms with Gasteiger partial charge in [-0.15, -0.1) is 0 Å². The number of rotatable bonds is 5. The first-order chi connectivity index (χ1) is 8.26. The molecule has 92 valence electrons. The first kappa shape index (κ1) is 11.9. The van der Waals surface area contributed by atoms with E-state index >= 15 is 0 Å². The SMILES string of the molecule is CCNC(c1ccc(CC)o1)c1nccn1C. The van der Waals surface area contributed by atoms with E-state index in [1.54, 1.807) is 0 Å². The highest BCUT2D eigenvalue weighted by Crippen LogP contribution is 2.22. The number of furan rings is 1. The van der Waals surface area contributed by atoms with E-state index in [9.17, 15) is 0 Å². The van der Waals surface area contributed by atoms with Crippen LogP contribution in [0.1, 0.15) is 37.2 Å². The number of nitrogens with zero attached hydrogens (tertiary/aromatic N) is 2. The van der Waals surface area contributed by atoms with Gasteiger partial charge in [-0.3, -0.25) is 0 Å². The van der Waals surface area contributed by atoms with Crippen molar-refractivity contribution in [3.05, 3.63) is 41.9 Å². The lowest BCUT2D eigenvalue weighted by Gasteiger charge is -2.15. The molecule has 2 aromatic heterocycles. The number of imidazole rings is 1. The van der Waals surface area contributed by atoms with Crippen LogP contribution in [0.4, 0.5) is 0 Å². The van der Waals surface area contributed by atoms with Crippen LogP contribution in [0.5, 0.6) is 0 Å². The van der Waals surface area contributed by atoms with Crippen LogP contribution < -0.4 is 5.32 Å². The first-order valence-electron chi connectivity index (χ1n) is 6.05. The number of nitrogens with one attached hydrogen (secondary N) is 1. The molecular weight excluding hydrogens is 214 g/mol. The van der Waals surface area contributed by atoms with Crippen molar-refractivity contribution < 1.29 is 4.42 Å². The number of aryl methyl sites for hydroxylation is 2. The minimum atomic E-state index is 0.0281. The van der Waals surface area contributed by atoms with Gasteiger partial charge in [0.2, 0.25) is 0 Å². The summed E-state index contributed by atoms with van der Waals surface area (Å²) in [5, 5.41) is 3.40. The topological polar surface area (TPSA) is 43.0 Å². The van der Waals surface area contributed by atoms with Crippen LogP contribution in [-0.4, -0.2) is 16.1 Å². The molecule has 0 fully saturated rings. The molecule has 1 N–H and O–H groups in total. The monoisotopic (exact) mass is 233 g/mol. The van der Waals surface area contributed by atoms with Crippen molar-refractivity contribution in [1.82, 2.24) is 14.9 Å². The highest BCUT2D eigenvalue weighted by atomic mass is 16.3. The molecule has 0 radical (unpaired) electrons. The number of aromatic nitrogens is 2. The summed E-state index contributed by atoms with van der Waals surface area (Å²) in [4.78, 5) is 4.39. The molecular formula is C13H19N3O. The minimum Gasteiger partial charge on any atom is -0.464 e. The third-order valence-electron chi connectivity index (χ3n) is 2.84. The minimum absolute atomic E-state index is 0.0281. The summed E-state index contributed by atoms with van der Waals surface area (Å²) < 4.78 is 7.83. The molecule has 2 aromatic rings. The Bertz CT molecular complexity index is 472. The Hall–Kier alpha value is -1.55. The Balaban J connectivity index is 2.32. The molecule has 4 heteroatoms. The fourth-order valence-corrected chi connectivity index (χ4v) is 1.92. The van der Waals surface area contributed by atoms with Crippen molar-refractivity contribution in [2.75, 3.05) is 6.54 Å². The predicted octanol–water partition coefficient (Wildman–Crippen LogP) is 2.27. The van der Waals surface area contributed by atoms with Gasteiger partial charge in [0.1, 0.15) is 23.4 Å². The highest BCUT2D eigenvalue weighted by Gasteiger charge is 2.20. The van der Waals surface area contributed by atoms with Gasteiger partial charge in [0.05, 0.1) is 0 Å². The summed E-state index contributed by atoms with van der Waals surface area (Å²) >= 11 is 0. The summed E-state index contributed by atoms with van der Waals surface area (Å²) in [6.07, 6.45) is 4.67. The number of hydrogen-bond acceptors (Lipinski definition) is 3. The van der Waals surface area contributed by atoms with Crippen LogP contribution in [0.2, 0.25) is 0 Å². The normalized spacial score (nSPS) is 12.9. The van der Waals surface area contributed by atoms with Gasteiger partial charge in [-0.1, -0.05) is 13.8 Å². The lowest BCUT2D eigenvalue weighted by atomic mass is 10.2. The Morgan fingerprint density at radius 1 is 1.41 bits per heavy atom. The van der Waals surface area contributed by atoms with Crippen molar-refractivity contribution in [3.8, 4) is 0 Å². The second-order valence-corrected chi connectivity index (χ2v) is 4.04. The van der Waals surface area contributed by atoms with E-state index in [0.717, 1.165) is 30.3 Å². The van der Waals surface area contributed by atoms with Crippen molar-refractivity contribution in [3.63, 3.8) is 0 Å². The smallest absolute Gasteiger partial charge is 0.133 e. The second-order valence-electron chi connectivity index (χ2n) is 4.04. The van der Waals surface area contributed by atoms with E-state index in [0.29, 0.717) is 0 Å².